The van der Waals surface area contributed by atoms with Crippen LogP contribution in [0, 0.1) is 0 Å². The molecule has 104 valence electrons. The van der Waals surface area contributed by atoms with E-state index in [0.29, 0.717) is 11.4 Å². The lowest BCUT2D eigenvalue weighted by atomic mass is 10.2. The van der Waals surface area contributed by atoms with Crippen molar-refractivity contribution in [3.63, 3.8) is 0 Å². The third kappa shape index (κ3) is 3.48. The van der Waals surface area contributed by atoms with E-state index in [1.54, 1.807) is 31.4 Å². The minimum Gasteiger partial charge on any atom is -0.497 e. The molecule has 0 spiro atoms. The highest BCUT2D eigenvalue weighted by Crippen LogP contribution is 2.29. The van der Waals surface area contributed by atoms with Crippen molar-refractivity contribution < 1.29 is 19.4 Å². The first-order valence-corrected chi connectivity index (χ1v) is 6.54. The smallest absolute Gasteiger partial charge is 0.337 e. The zero-order valence-corrected chi connectivity index (χ0v) is 12.3. The molecule has 0 saturated carbocycles. The predicted octanol–water partition coefficient (Wildman–Crippen LogP) is 3.13. The highest BCUT2D eigenvalue weighted by Gasteiger charge is 2.06. The number of hydrogen-bond donors (Lipinski definition) is 1. The monoisotopic (exact) mass is 337 g/mol. The topological polar surface area (TPSA) is 68.7 Å². The van der Waals surface area contributed by atoms with Crippen molar-refractivity contribution in [3.05, 3.63) is 52.3 Å². The molecule has 1 heterocycles. The van der Waals surface area contributed by atoms with Crippen LogP contribution >= 0.6 is 15.9 Å². The Balaban J connectivity index is 2.03. The number of aromatic nitrogens is 1. The molecule has 0 atom stereocenters. The van der Waals surface area contributed by atoms with Gasteiger partial charge < -0.3 is 14.6 Å². The minimum atomic E-state index is -0.997. The van der Waals surface area contributed by atoms with Gasteiger partial charge in [-0.25, -0.2) is 4.79 Å². The first-order chi connectivity index (χ1) is 9.60. The number of carboxylic acids is 1. The molecule has 2 rings (SSSR count). The number of carboxylic acid groups (broad SMARTS) is 1. The molecule has 0 bridgehead atoms. The van der Waals surface area contributed by atoms with Gasteiger partial charge >= 0.3 is 5.97 Å². The van der Waals surface area contributed by atoms with E-state index in [0.717, 1.165) is 10.2 Å². The molecule has 0 aliphatic rings. The Morgan fingerprint density at radius 2 is 2.15 bits per heavy atom. The molecular formula is C14H12BrNO4. The van der Waals surface area contributed by atoms with E-state index < -0.39 is 5.97 Å². The summed E-state index contributed by atoms with van der Waals surface area (Å²) in [7, 11) is 1.59. The summed E-state index contributed by atoms with van der Waals surface area (Å²) in [4.78, 5) is 14.7. The van der Waals surface area contributed by atoms with Crippen molar-refractivity contribution in [1.82, 2.24) is 4.98 Å². The molecule has 0 aliphatic heterocycles. The van der Waals surface area contributed by atoms with Crippen LogP contribution in [-0.2, 0) is 6.61 Å². The van der Waals surface area contributed by atoms with Gasteiger partial charge in [0.2, 0.25) is 0 Å². The summed E-state index contributed by atoms with van der Waals surface area (Å²) in [5.74, 6) is 0.394. The van der Waals surface area contributed by atoms with Gasteiger partial charge in [-0.05, 0) is 46.3 Å². The molecule has 0 fully saturated rings. The molecule has 1 N–H and O–H groups in total. The van der Waals surface area contributed by atoms with Crippen LogP contribution in [0.3, 0.4) is 0 Å². The Morgan fingerprint density at radius 3 is 2.70 bits per heavy atom. The van der Waals surface area contributed by atoms with E-state index in [1.165, 1.54) is 12.3 Å². The summed E-state index contributed by atoms with van der Waals surface area (Å²) < 4.78 is 11.5. The van der Waals surface area contributed by atoms with Crippen LogP contribution in [0.2, 0.25) is 0 Å². The lowest BCUT2D eigenvalue weighted by molar-refractivity contribution is 0.0696. The van der Waals surface area contributed by atoms with Gasteiger partial charge in [0.25, 0.3) is 0 Å². The Hall–Kier alpha value is -2.08. The quantitative estimate of drug-likeness (QED) is 0.907. The van der Waals surface area contributed by atoms with Crippen LogP contribution in [0.4, 0.5) is 0 Å². The number of halogens is 1. The van der Waals surface area contributed by atoms with E-state index in [9.17, 15) is 4.79 Å². The maximum Gasteiger partial charge on any atom is 0.337 e. The summed E-state index contributed by atoms with van der Waals surface area (Å²) in [6, 6.07) is 8.50. The number of aromatic carboxylic acids is 1. The number of ether oxygens (including phenoxy) is 2. The number of rotatable bonds is 5. The Kier molecular flexibility index (Phi) is 4.57. The fourth-order valence-electron chi connectivity index (χ4n) is 1.51. The summed E-state index contributed by atoms with van der Waals surface area (Å²) in [5, 5.41) is 8.78. The van der Waals surface area contributed by atoms with Gasteiger partial charge in [0, 0.05) is 6.20 Å². The average molecular weight is 338 g/mol. The number of carbonyl (C=O) groups is 1. The molecule has 5 nitrogen and oxygen atoms in total. The number of methoxy groups -OCH3 is 1. The molecular weight excluding hydrogens is 326 g/mol. The number of benzene rings is 1. The minimum absolute atomic E-state index is 0.152. The third-order valence-electron chi connectivity index (χ3n) is 2.59. The Labute approximate surface area is 124 Å². The van der Waals surface area contributed by atoms with Crippen LogP contribution in [-0.4, -0.2) is 23.2 Å². The molecule has 0 saturated heterocycles. The zero-order chi connectivity index (χ0) is 14.5. The van der Waals surface area contributed by atoms with Gasteiger partial charge in [0.15, 0.2) is 0 Å². The molecule has 0 aliphatic carbocycles. The SMILES string of the molecule is COc1ccc(OCc2ccc(C(=O)O)cn2)c(Br)c1. The first kappa shape index (κ1) is 14.3. The van der Waals surface area contributed by atoms with Crippen molar-refractivity contribution in [2.45, 2.75) is 6.61 Å². The van der Waals surface area contributed by atoms with Crippen molar-refractivity contribution in [1.29, 1.82) is 0 Å². The molecule has 0 radical (unpaired) electrons. The summed E-state index contributed by atoms with van der Waals surface area (Å²) >= 11 is 3.39. The van der Waals surface area contributed by atoms with E-state index in [-0.39, 0.29) is 12.2 Å². The molecule has 0 unspecified atom stereocenters. The van der Waals surface area contributed by atoms with Crippen molar-refractivity contribution in [2.75, 3.05) is 7.11 Å². The largest absolute Gasteiger partial charge is 0.497 e. The second-order valence-corrected chi connectivity index (χ2v) is 4.78. The maximum atomic E-state index is 10.7. The van der Waals surface area contributed by atoms with Crippen LogP contribution in [0.5, 0.6) is 11.5 Å². The zero-order valence-electron chi connectivity index (χ0n) is 10.7. The lowest BCUT2D eigenvalue weighted by Gasteiger charge is -2.09. The highest BCUT2D eigenvalue weighted by molar-refractivity contribution is 9.10. The molecule has 1 aromatic carbocycles. The molecule has 20 heavy (non-hydrogen) atoms. The van der Waals surface area contributed by atoms with Gasteiger partial charge in [-0.15, -0.1) is 0 Å². The van der Waals surface area contributed by atoms with Gasteiger partial charge in [0.05, 0.1) is 22.8 Å². The van der Waals surface area contributed by atoms with Crippen LogP contribution in [0.25, 0.3) is 0 Å². The summed E-state index contributed by atoms with van der Waals surface area (Å²) in [6.07, 6.45) is 1.31. The normalized spacial score (nSPS) is 10.1. The first-order valence-electron chi connectivity index (χ1n) is 5.74. The lowest BCUT2D eigenvalue weighted by Crippen LogP contribution is -2.02. The van der Waals surface area contributed by atoms with Crippen molar-refractivity contribution in [3.8, 4) is 11.5 Å². The van der Waals surface area contributed by atoms with Crippen LogP contribution in [0.15, 0.2) is 41.0 Å². The molecule has 2 aromatic rings. The van der Waals surface area contributed by atoms with Gasteiger partial charge in [-0.2, -0.15) is 0 Å². The summed E-state index contributed by atoms with van der Waals surface area (Å²) in [5.41, 5.74) is 0.803. The second-order valence-electron chi connectivity index (χ2n) is 3.93. The Bertz CT molecular complexity index is 613. The molecule has 0 amide bonds. The standard InChI is InChI=1S/C14H12BrNO4/c1-19-11-4-5-13(12(15)6-11)20-8-10-3-2-9(7-16-10)14(17)18/h2-7H,8H2,1H3,(H,17,18). The Morgan fingerprint density at radius 1 is 1.35 bits per heavy atom. The predicted molar refractivity (Wildman–Crippen MR) is 76.2 cm³/mol. The van der Waals surface area contributed by atoms with E-state index in [1.807, 2.05) is 0 Å². The maximum absolute atomic E-state index is 10.7. The fraction of sp³-hybridized carbons (Fsp3) is 0.143. The molecule has 6 heteroatoms. The third-order valence-corrected chi connectivity index (χ3v) is 3.21. The van der Waals surface area contributed by atoms with Gasteiger partial charge in [-0.3, -0.25) is 4.98 Å². The highest BCUT2D eigenvalue weighted by atomic mass is 79.9. The number of nitrogens with zero attached hydrogens (tertiary/aromatic N) is 1. The van der Waals surface area contributed by atoms with Crippen molar-refractivity contribution >= 4 is 21.9 Å². The van der Waals surface area contributed by atoms with E-state index in [2.05, 4.69) is 20.9 Å². The number of hydrogen-bond acceptors (Lipinski definition) is 4. The van der Waals surface area contributed by atoms with E-state index >= 15 is 0 Å². The van der Waals surface area contributed by atoms with Crippen LogP contribution in [0.1, 0.15) is 16.1 Å². The fourth-order valence-corrected chi connectivity index (χ4v) is 1.99. The van der Waals surface area contributed by atoms with Crippen molar-refractivity contribution in [2.24, 2.45) is 0 Å². The van der Waals surface area contributed by atoms with E-state index in [4.69, 9.17) is 14.6 Å². The summed E-state index contributed by atoms with van der Waals surface area (Å²) in [6.45, 7) is 0.255. The number of pyridine rings is 1. The molecule has 1 aromatic heterocycles. The van der Waals surface area contributed by atoms with Gasteiger partial charge in [-0.1, -0.05) is 0 Å². The second kappa shape index (κ2) is 6.38. The average Bonchev–Trinajstić information content (AvgIpc) is 2.46. The van der Waals surface area contributed by atoms with Gasteiger partial charge in [0.1, 0.15) is 18.1 Å². The van der Waals surface area contributed by atoms with Crippen LogP contribution < -0.4 is 9.47 Å².